The van der Waals surface area contributed by atoms with E-state index < -0.39 is 0 Å². The van der Waals surface area contributed by atoms with E-state index in [-0.39, 0.29) is 5.41 Å². The average Bonchev–Trinajstić information content (AvgIpc) is 2.95. The molecule has 0 aliphatic heterocycles. The molecule has 0 radical (unpaired) electrons. The zero-order valence-corrected chi connectivity index (χ0v) is 13.6. The highest BCUT2D eigenvalue weighted by atomic mass is 32.1. The van der Waals surface area contributed by atoms with Crippen molar-refractivity contribution in [2.45, 2.75) is 39.3 Å². The van der Waals surface area contributed by atoms with Crippen molar-refractivity contribution in [1.29, 1.82) is 0 Å². The molecular weight excluding hydrogens is 280 g/mol. The Hall–Kier alpha value is -1.81. The number of hydrogen-bond acceptors (Lipinski definition) is 2. The summed E-state index contributed by atoms with van der Waals surface area (Å²) in [5, 5.41) is 6.95. The van der Waals surface area contributed by atoms with Gasteiger partial charge < -0.3 is 15.1 Å². The third kappa shape index (κ3) is 4.90. The largest absolute Gasteiger partial charge is 0.467 e. The molecule has 3 nitrogen and oxygen atoms in total. The monoisotopic (exact) mass is 302 g/mol. The molecule has 4 heteroatoms. The van der Waals surface area contributed by atoms with Crippen LogP contribution >= 0.6 is 12.2 Å². The van der Waals surface area contributed by atoms with Crippen molar-refractivity contribution in [2.75, 3.05) is 0 Å². The average molecular weight is 302 g/mol. The Morgan fingerprint density at radius 2 is 1.71 bits per heavy atom. The number of hydrogen-bond donors (Lipinski definition) is 2. The van der Waals surface area contributed by atoms with Crippen LogP contribution in [0.15, 0.2) is 47.1 Å². The second-order valence-corrected chi connectivity index (χ2v) is 6.47. The standard InChI is InChI=1S/C17H22N2OS/c1-17(2,3)14-8-6-13(7-9-14)11-18-16(21)19-12-15-5-4-10-20-15/h4-10H,11-12H2,1-3H3,(H2,18,19,21). The molecule has 0 aliphatic carbocycles. The molecule has 1 heterocycles. The van der Waals surface area contributed by atoms with Crippen LogP contribution in [-0.4, -0.2) is 5.11 Å². The SMILES string of the molecule is CC(C)(C)c1ccc(CNC(=S)NCc2ccco2)cc1. The summed E-state index contributed by atoms with van der Waals surface area (Å²) in [5.74, 6) is 0.869. The Morgan fingerprint density at radius 3 is 2.29 bits per heavy atom. The fourth-order valence-corrected chi connectivity index (χ4v) is 2.09. The van der Waals surface area contributed by atoms with Crippen molar-refractivity contribution >= 4 is 17.3 Å². The molecular formula is C17H22N2OS. The normalized spacial score (nSPS) is 11.2. The molecule has 2 aromatic rings. The van der Waals surface area contributed by atoms with Gasteiger partial charge in [0.15, 0.2) is 5.11 Å². The van der Waals surface area contributed by atoms with Gasteiger partial charge in [0.1, 0.15) is 5.76 Å². The lowest BCUT2D eigenvalue weighted by molar-refractivity contribution is 0.502. The summed E-state index contributed by atoms with van der Waals surface area (Å²) in [7, 11) is 0. The second-order valence-electron chi connectivity index (χ2n) is 6.06. The Bertz CT molecular complexity index is 568. The van der Waals surface area contributed by atoms with Crippen molar-refractivity contribution in [1.82, 2.24) is 10.6 Å². The minimum absolute atomic E-state index is 0.186. The first-order valence-electron chi connectivity index (χ1n) is 7.08. The van der Waals surface area contributed by atoms with Crippen LogP contribution in [0.2, 0.25) is 0 Å². The summed E-state index contributed by atoms with van der Waals surface area (Å²) in [5.41, 5.74) is 2.74. The van der Waals surface area contributed by atoms with Crippen molar-refractivity contribution in [3.8, 4) is 0 Å². The zero-order valence-electron chi connectivity index (χ0n) is 12.8. The van der Waals surface area contributed by atoms with Gasteiger partial charge in [0.2, 0.25) is 0 Å². The first-order chi connectivity index (χ1) is 9.95. The van der Waals surface area contributed by atoms with Crippen molar-refractivity contribution in [3.05, 3.63) is 59.5 Å². The fraction of sp³-hybridized carbons (Fsp3) is 0.353. The summed E-state index contributed by atoms with van der Waals surface area (Å²) in [6.07, 6.45) is 1.66. The van der Waals surface area contributed by atoms with E-state index in [1.54, 1.807) is 6.26 Å². The van der Waals surface area contributed by atoms with Gasteiger partial charge in [-0.25, -0.2) is 0 Å². The van der Waals surface area contributed by atoms with Gasteiger partial charge in [0.05, 0.1) is 12.8 Å². The Balaban J connectivity index is 1.78. The highest BCUT2D eigenvalue weighted by Crippen LogP contribution is 2.22. The van der Waals surface area contributed by atoms with Crippen LogP contribution in [0.4, 0.5) is 0 Å². The van der Waals surface area contributed by atoms with Crippen LogP contribution in [0.3, 0.4) is 0 Å². The number of furan rings is 1. The fourth-order valence-electron chi connectivity index (χ4n) is 1.95. The molecule has 0 atom stereocenters. The number of thiocarbonyl (C=S) groups is 1. The maximum absolute atomic E-state index is 5.25. The summed E-state index contributed by atoms with van der Waals surface area (Å²) in [4.78, 5) is 0. The first-order valence-corrected chi connectivity index (χ1v) is 7.49. The van der Waals surface area contributed by atoms with E-state index in [0.29, 0.717) is 18.2 Å². The van der Waals surface area contributed by atoms with Crippen LogP contribution in [0.25, 0.3) is 0 Å². The predicted molar refractivity (Wildman–Crippen MR) is 90.1 cm³/mol. The van der Waals surface area contributed by atoms with E-state index in [1.807, 2.05) is 12.1 Å². The van der Waals surface area contributed by atoms with Crippen LogP contribution in [0, 0.1) is 0 Å². The maximum Gasteiger partial charge on any atom is 0.166 e. The molecule has 0 spiro atoms. The van der Waals surface area contributed by atoms with E-state index in [0.717, 1.165) is 5.76 Å². The van der Waals surface area contributed by atoms with E-state index in [2.05, 4.69) is 55.7 Å². The number of nitrogens with one attached hydrogen (secondary N) is 2. The van der Waals surface area contributed by atoms with Gasteiger partial charge in [-0.1, -0.05) is 45.0 Å². The van der Waals surface area contributed by atoms with Gasteiger partial charge in [-0.2, -0.15) is 0 Å². The van der Waals surface area contributed by atoms with Gasteiger partial charge in [0.25, 0.3) is 0 Å². The molecule has 2 N–H and O–H groups in total. The van der Waals surface area contributed by atoms with Gasteiger partial charge in [-0.15, -0.1) is 0 Å². The van der Waals surface area contributed by atoms with Crippen molar-refractivity contribution in [2.24, 2.45) is 0 Å². The third-order valence-electron chi connectivity index (χ3n) is 3.28. The van der Waals surface area contributed by atoms with Gasteiger partial charge in [0, 0.05) is 6.54 Å². The summed E-state index contributed by atoms with van der Waals surface area (Å²) < 4.78 is 5.24. The van der Waals surface area contributed by atoms with Gasteiger partial charge >= 0.3 is 0 Å². The van der Waals surface area contributed by atoms with E-state index >= 15 is 0 Å². The smallest absolute Gasteiger partial charge is 0.166 e. The molecule has 112 valence electrons. The van der Waals surface area contributed by atoms with Gasteiger partial charge in [-0.3, -0.25) is 0 Å². The van der Waals surface area contributed by atoms with Crippen molar-refractivity contribution < 1.29 is 4.42 Å². The molecule has 0 saturated heterocycles. The highest BCUT2D eigenvalue weighted by Gasteiger charge is 2.12. The molecule has 0 unspecified atom stereocenters. The van der Waals surface area contributed by atoms with E-state index in [1.165, 1.54) is 11.1 Å². The minimum atomic E-state index is 0.186. The third-order valence-corrected chi connectivity index (χ3v) is 3.56. The lowest BCUT2D eigenvalue weighted by Gasteiger charge is -2.19. The molecule has 0 fully saturated rings. The quantitative estimate of drug-likeness (QED) is 0.844. The van der Waals surface area contributed by atoms with Crippen LogP contribution < -0.4 is 10.6 Å². The first kappa shape index (κ1) is 15.6. The summed E-state index contributed by atoms with van der Waals surface area (Å²) in [6, 6.07) is 12.4. The molecule has 0 amide bonds. The second kappa shape index (κ2) is 6.76. The molecule has 0 bridgehead atoms. The van der Waals surface area contributed by atoms with Crippen molar-refractivity contribution in [3.63, 3.8) is 0 Å². The Kier molecular flexibility index (Phi) is 5.02. The molecule has 0 aliphatic rings. The predicted octanol–water partition coefficient (Wildman–Crippen LogP) is 3.74. The Morgan fingerprint density at radius 1 is 1.05 bits per heavy atom. The topological polar surface area (TPSA) is 37.2 Å². The molecule has 1 aromatic heterocycles. The van der Waals surface area contributed by atoms with Gasteiger partial charge in [-0.05, 0) is 40.9 Å². The summed E-state index contributed by atoms with van der Waals surface area (Å²) >= 11 is 5.25. The minimum Gasteiger partial charge on any atom is -0.467 e. The van der Waals surface area contributed by atoms with Crippen LogP contribution in [0.5, 0.6) is 0 Å². The molecule has 0 saturated carbocycles. The summed E-state index contributed by atoms with van der Waals surface area (Å²) in [6.45, 7) is 7.96. The van der Waals surface area contributed by atoms with E-state index in [9.17, 15) is 0 Å². The maximum atomic E-state index is 5.25. The van der Waals surface area contributed by atoms with Crippen LogP contribution in [-0.2, 0) is 18.5 Å². The lowest BCUT2D eigenvalue weighted by atomic mass is 9.87. The molecule has 21 heavy (non-hydrogen) atoms. The highest BCUT2D eigenvalue weighted by molar-refractivity contribution is 7.80. The zero-order chi connectivity index (χ0) is 15.3. The lowest BCUT2D eigenvalue weighted by Crippen LogP contribution is -2.34. The number of rotatable bonds is 4. The Labute approximate surface area is 131 Å². The molecule has 2 rings (SSSR count). The van der Waals surface area contributed by atoms with E-state index in [4.69, 9.17) is 16.6 Å². The number of benzene rings is 1. The molecule has 1 aromatic carbocycles. The van der Waals surface area contributed by atoms with Crippen LogP contribution in [0.1, 0.15) is 37.7 Å².